The number of ether oxygens (including phenoxy) is 1. The zero-order valence-corrected chi connectivity index (χ0v) is 14.3. The number of hydrogen-bond donors (Lipinski definition) is 0. The molecule has 3 atom stereocenters. The van der Waals surface area contributed by atoms with Crippen LogP contribution >= 0.6 is 11.8 Å². The monoisotopic (exact) mass is 319 g/mol. The van der Waals surface area contributed by atoms with Gasteiger partial charge in [0.2, 0.25) is 0 Å². The molecule has 7 heteroatoms. The van der Waals surface area contributed by atoms with E-state index in [2.05, 4.69) is 0 Å². The van der Waals surface area contributed by atoms with Gasteiger partial charge in [-0.15, -0.1) is 11.8 Å². The van der Waals surface area contributed by atoms with Gasteiger partial charge in [-0.3, -0.25) is 9.69 Å². The number of carbonyl (C=O) groups excluding carboxylic acids is 1. The van der Waals surface area contributed by atoms with Crippen LogP contribution in [0.15, 0.2) is 11.3 Å². The summed E-state index contributed by atoms with van der Waals surface area (Å²) in [7, 11) is -2.09. The predicted octanol–water partition coefficient (Wildman–Crippen LogP) is 1.61. The molecule has 0 aliphatic carbocycles. The third-order valence-corrected chi connectivity index (χ3v) is 8.02. The number of methoxy groups -OCH3 is 1. The normalized spacial score (nSPS) is 33.0. The molecule has 1 amide bonds. The quantitative estimate of drug-likeness (QED) is 0.724. The Morgan fingerprint density at radius 3 is 2.25 bits per heavy atom. The standard InChI is InChI=1S/C13H21NO4S2/c1-7-9(13(2,3)4)14-10(15)8(18-5)11(14)20(16,17)12(7)19-6/h8,11-12H,1-6H3/t8-,11-,12?/m0/s1. The number of fused-ring (bicyclic) bond motifs is 1. The van der Waals surface area contributed by atoms with Crippen molar-refractivity contribution in [2.24, 2.45) is 5.41 Å². The first-order chi connectivity index (χ1) is 9.08. The highest BCUT2D eigenvalue weighted by Crippen LogP contribution is 2.48. The molecule has 2 aliphatic heterocycles. The van der Waals surface area contributed by atoms with Crippen molar-refractivity contribution in [3.8, 4) is 0 Å². The van der Waals surface area contributed by atoms with Crippen molar-refractivity contribution in [1.29, 1.82) is 0 Å². The van der Waals surface area contributed by atoms with Gasteiger partial charge in [-0.1, -0.05) is 20.8 Å². The predicted molar refractivity (Wildman–Crippen MR) is 79.8 cm³/mol. The number of sulfone groups is 1. The Morgan fingerprint density at radius 1 is 1.30 bits per heavy atom. The molecule has 0 aromatic rings. The van der Waals surface area contributed by atoms with Crippen LogP contribution in [0.5, 0.6) is 0 Å². The van der Waals surface area contributed by atoms with Gasteiger partial charge < -0.3 is 4.74 Å². The zero-order chi connectivity index (χ0) is 15.5. The molecule has 2 rings (SSSR count). The molecule has 0 saturated carbocycles. The van der Waals surface area contributed by atoms with Crippen molar-refractivity contribution in [3.63, 3.8) is 0 Å². The highest BCUT2D eigenvalue weighted by molar-refractivity contribution is 8.13. The van der Waals surface area contributed by atoms with Crippen LogP contribution in [0.1, 0.15) is 27.7 Å². The minimum absolute atomic E-state index is 0.259. The molecule has 2 heterocycles. The summed E-state index contributed by atoms with van der Waals surface area (Å²) < 4.78 is 29.8. The third-order valence-electron chi connectivity index (χ3n) is 3.78. The van der Waals surface area contributed by atoms with Gasteiger partial charge in [0.05, 0.1) is 0 Å². The maximum Gasteiger partial charge on any atom is 0.260 e. The minimum atomic E-state index is -3.47. The molecular formula is C13H21NO4S2. The number of nitrogens with zero attached hydrogens (tertiary/aromatic N) is 1. The van der Waals surface area contributed by atoms with E-state index >= 15 is 0 Å². The second kappa shape index (κ2) is 4.74. The van der Waals surface area contributed by atoms with E-state index in [1.165, 1.54) is 23.8 Å². The van der Waals surface area contributed by atoms with Gasteiger partial charge in [0.1, 0.15) is 4.58 Å². The Hall–Kier alpha value is -0.530. The summed E-state index contributed by atoms with van der Waals surface area (Å²) in [6, 6.07) is 0. The first-order valence-corrected chi connectivity index (χ1v) is 9.31. The molecule has 1 fully saturated rings. The van der Waals surface area contributed by atoms with E-state index in [0.717, 1.165) is 11.3 Å². The number of amides is 1. The maximum absolute atomic E-state index is 12.7. The van der Waals surface area contributed by atoms with Crippen molar-refractivity contribution in [1.82, 2.24) is 4.90 Å². The van der Waals surface area contributed by atoms with Gasteiger partial charge in [0, 0.05) is 18.2 Å². The summed E-state index contributed by atoms with van der Waals surface area (Å²) in [5, 5.41) is -0.879. The Labute approximate surface area is 124 Å². The van der Waals surface area contributed by atoms with E-state index in [1.807, 2.05) is 27.7 Å². The molecule has 1 saturated heterocycles. The first kappa shape index (κ1) is 15.9. The number of rotatable bonds is 2. The number of allylic oxidation sites excluding steroid dienone is 1. The van der Waals surface area contributed by atoms with Crippen molar-refractivity contribution in [3.05, 3.63) is 11.3 Å². The maximum atomic E-state index is 12.7. The largest absolute Gasteiger partial charge is 0.368 e. The lowest BCUT2D eigenvalue weighted by Gasteiger charge is -2.53. The van der Waals surface area contributed by atoms with Gasteiger partial charge in [0.25, 0.3) is 5.91 Å². The van der Waals surface area contributed by atoms with Crippen molar-refractivity contribution in [2.75, 3.05) is 13.4 Å². The van der Waals surface area contributed by atoms with Crippen LogP contribution in [0.3, 0.4) is 0 Å². The minimum Gasteiger partial charge on any atom is -0.368 e. The van der Waals surface area contributed by atoms with Crippen molar-refractivity contribution >= 4 is 27.5 Å². The van der Waals surface area contributed by atoms with Crippen LogP contribution in [0.4, 0.5) is 0 Å². The fraction of sp³-hybridized carbons (Fsp3) is 0.769. The van der Waals surface area contributed by atoms with E-state index < -0.39 is 25.9 Å². The second-order valence-electron chi connectivity index (χ2n) is 6.19. The lowest BCUT2D eigenvalue weighted by atomic mass is 9.85. The molecule has 0 aromatic carbocycles. The van der Waals surface area contributed by atoms with Gasteiger partial charge in [-0.2, -0.15) is 0 Å². The smallest absolute Gasteiger partial charge is 0.260 e. The fourth-order valence-corrected chi connectivity index (χ4v) is 6.96. The Kier molecular flexibility index (Phi) is 3.76. The van der Waals surface area contributed by atoms with Crippen LogP contribution in [0.25, 0.3) is 0 Å². The highest BCUT2D eigenvalue weighted by Gasteiger charge is 2.62. The molecule has 5 nitrogen and oxygen atoms in total. The third kappa shape index (κ3) is 1.94. The topological polar surface area (TPSA) is 63.7 Å². The molecule has 0 N–H and O–H groups in total. The average Bonchev–Trinajstić information content (AvgIpc) is 2.29. The number of thioether (sulfide) groups is 1. The SMILES string of the molecule is CO[C@H]1C(=O)N2C(C(C)(C)C)=C(C)C(SC)S(=O)(=O)[C@@H]12. The summed E-state index contributed by atoms with van der Waals surface area (Å²) in [5.41, 5.74) is 1.28. The molecule has 0 radical (unpaired) electrons. The molecule has 114 valence electrons. The molecule has 0 spiro atoms. The van der Waals surface area contributed by atoms with Crippen molar-refractivity contribution in [2.45, 2.75) is 43.8 Å². The summed E-state index contributed by atoms with van der Waals surface area (Å²) in [4.78, 5) is 13.6. The van der Waals surface area contributed by atoms with Crippen LogP contribution in [0, 0.1) is 5.41 Å². The first-order valence-electron chi connectivity index (χ1n) is 6.41. The van der Waals surface area contributed by atoms with Crippen LogP contribution in [-0.4, -0.2) is 48.7 Å². The van der Waals surface area contributed by atoms with Gasteiger partial charge in [-0.25, -0.2) is 8.42 Å². The lowest BCUT2D eigenvalue weighted by molar-refractivity contribution is -0.160. The Morgan fingerprint density at radius 2 is 1.85 bits per heavy atom. The number of β-lactam (4-membered cyclic amide) rings is 1. The average molecular weight is 319 g/mol. The fourth-order valence-electron chi connectivity index (χ4n) is 3.15. The summed E-state index contributed by atoms with van der Waals surface area (Å²) in [6.45, 7) is 7.78. The van der Waals surface area contributed by atoms with E-state index in [1.54, 1.807) is 6.26 Å². The summed E-state index contributed by atoms with van der Waals surface area (Å²) in [5.74, 6) is -0.259. The lowest BCUT2D eigenvalue weighted by Crippen LogP contribution is -2.71. The zero-order valence-electron chi connectivity index (χ0n) is 12.6. The highest BCUT2D eigenvalue weighted by atomic mass is 32.3. The van der Waals surface area contributed by atoms with E-state index in [0.29, 0.717) is 0 Å². The number of carbonyl (C=O) groups is 1. The molecule has 2 aliphatic rings. The van der Waals surface area contributed by atoms with Crippen LogP contribution in [0.2, 0.25) is 0 Å². The summed E-state index contributed by atoms with van der Waals surface area (Å²) >= 11 is 1.29. The molecule has 0 bridgehead atoms. The van der Waals surface area contributed by atoms with Crippen LogP contribution < -0.4 is 0 Å². The van der Waals surface area contributed by atoms with E-state index in [9.17, 15) is 13.2 Å². The second-order valence-corrected chi connectivity index (χ2v) is 9.57. The molecule has 1 unspecified atom stereocenters. The molecular weight excluding hydrogens is 298 g/mol. The Balaban J connectivity index is 2.67. The Bertz CT molecular complexity index is 574. The van der Waals surface area contributed by atoms with Gasteiger partial charge in [-0.05, 0) is 18.8 Å². The van der Waals surface area contributed by atoms with E-state index in [-0.39, 0.29) is 11.3 Å². The van der Waals surface area contributed by atoms with E-state index in [4.69, 9.17) is 4.74 Å². The van der Waals surface area contributed by atoms with Crippen LogP contribution in [-0.2, 0) is 19.4 Å². The van der Waals surface area contributed by atoms with Gasteiger partial charge >= 0.3 is 0 Å². The molecule has 0 aromatic heterocycles. The number of hydrogen-bond acceptors (Lipinski definition) is 5. The molecule has 20 heavy (non-hydrogen) atoms. The summed E-state index contributed by atoms with van der Waals surface area (Å²) in [6.07, 6.45) is 0.907. The van der Waals surface area contributed by atoms with Gasteiger partial charge in [0.15, 0.2) is 21.3 Å². The van der Waals surface area contributed by atoms with Crippen molar-refractivity contribution < 1.29 is 17.9 Å².